The lowest BCUT2D eigenvalue weighted by atomic mass is 9.91. The van der Waals surface area contributed by atoms with Gasteiger partial charge in [0.1, 0.15) is 0 Å². The lowest BCUT2D eigenvalue weighted by Gasteiger charge is -2.40. The molecule has 0 bridgehead atoms. The molecule has 1 fully saturated rings. The monoisotopic (exact) mass is 591 g/mol. The van der Waals surface area contributed by atoms with E-state index >= 15 is 0 Å². The summed E-state index contributed by atoms with van der Waals surface area (Å²) in [4.78, 5) is 20.2. The summed E-state index contributed by atoms with van der Waals surface area (Å²) < 4.78 is 1.80. The third-order valence-electron chi connectivity index (χ3n) is 6.72. The Bertz CT molecular complexity index is 1300. The van der Waals surface area contributed by atoms with Crippen LogP contribution in [-0.4, -0.2) is 34.4 Å². The van der Waals surface area contributed by atoms with E-state index in [-0.39, 0.29) is 11.9 Å². The van der Waals surface area contributed by atoms with Crippen molar-refractivity contribution in [2.75, 3.05) is 6.54 Å². The largest absolute Gasteiger partial charge is 0.335 e. The fourth-order valence-corrected chi connectivity index (χ4v) is 6.28. The first-order valence-corrected chi connectivity index (χ1v) is 13.5. The van der Waals surface area contributed by atoms with Gasteiger partial charge in [0, 0.05) is 51.3 Å². The fraction of sp³-hybridized carbons (Fsp3) is 0.241. The second-order valence-corrected chi connectivity index (χ2v) is 10.9. The van der Waals surface area contributed by atoms with Gasteiger partial charge in [-0.2, -0.15) is 0 Å². The predicted molar refractivity (Wildman–Crippen MR) is 148 cm³/mol. The number of halogens is 2. The van der Waals surface area contributed by atoms with Crippen LogP contribution in [0.25, 0.3) is 10.9 Å². The van der Waals surface area contributed by atoms with Gasteiger partial charge in [0.2, 0.25) is 0 Å². The highest BCUT2D eigenvalue weighted by Crippen LogP contribution is 2.27. The Morgan fingerprint density at radius 1 is 0.971 bits per heavy atom. The van der Waals surface area contributed by atoms with E-state index in [9.17, 15) is 4.79 Å². The predicted octanol–water partition coefficient (Wildman–Crippen LogP) is 6.77. The summed E-state index contributed by atoms with van der Waals surface area (Å²) in [6.45, 7) is 1.52. The molecule has 1 N–H and O–H groups in total. The number of likely N-dealkylation sites (tertiary alicyclic amines) is 1. The van der Waals surface area contributed by atoms with E-state index in [1.54, 1.807) is 0 Å². The van der Waals surface area contributed by atoms with Gasteiger partial charge in [-0.3, -0.25) is 9.78 Å². The highest BCUT2D eigenvalue weighted by molar-refractivity contribution is 9.11. The van der Waals surface area contributed by atoms with Crippen molar-refractivity contribution in [2.45, 2.75) is 37.9 Å². The smallest absolute Gasteiger partial charge is 0.254 e. The van der Waals surface area contributed by atoms with Crippen LogP contribution in [-0.2, 0) is 13.0 Å². The summed E-state index contributed by atoms with van der Waals surface area (Å²) >= 11 is 7.06. The molecule has 1 saturated heterocycles. The summed E-state index contributed by atoms with van der Waals surface area (Å²) in [6.07, 6.45) is 4.57. The van der Waals surface area contributed by atoms with Crippen molar-refractivity contribution in [3.05, 3.63) is 111 Å². The number of amides is 1. The van der Waals surface area contributed by atoms with Crippen molar-refractivity contribution >= 4 is 48.7 Å². The normalized spacial score (nSPS) is 18.1. The molecule has 0 saturated carbocycles. The Morgan fingerprint density at radius 2 is 1.71 bits per heavy atom. The van der Waals surface area contributed by atoms with Gasteiger partial charge in [-0.15, -0.1) is 0 Å². The van der Waals surface area contributed by atoms with Gasteiger partial charge < -0.3 is 10.2 Å². The number of piperidine rings is 1. The average molecular weight is 593 g/mol. The number of carbonyl (C=O) groups excluding carboxylic acids is 1. The van der Waals surface area contributed by atoms with Crippen molar-refractivity contribution in [1.82, 2.24) is 15.2 Å². The Labute approximate surface area is 223 Å². The lowest BCUT2D eigenvalue weighted by molar-refractivity contribution is 0.0576. The molecule has 1 amide bonds. The van der Waals surface area contributed by atoms with E-state index in [1.807, 2.05) is 36.5 Å². The van der Waals surface area contributed by atoms with Crippen LogP contribution in [0.3, 0.4) is 0 Å². The van der Waals surface area contributed by atoms with Crippen molar-refractivity contribution in [3.8, 4) is 0 Å². The quantitative estimate of drug-likeness (QED) is 0.269. The third kappa shape index (κ3) is 5.83. The number of aromatic nitrogens is 1. The molecule has 0 radical (unpaired) electrons. The highest BCUT2D eigenvalue weighted by Gasteiger charge is 2.32. The van der Waals surface area contributed by atoms with Crippen molar-refractivity contribution in [3.63, 3.8) is 0 Å². The molecule has 4 nitrogen and oxygen atoms in total. The summed E-state index contributed by atoms with van der Waals surface area (Å²) in [5, 5.41) is 4.97. The van der Waals surface area contributed by atoms with Gasteiger partial charge in [-0.05, 0) is 60.7 Å². The Hall–Kier alpha value is -2.54. The molecule has 178 valence electrons. The van der Waals surface area contributed by atoms with E-state index in [0.29, 0.717) is 11.6 Å². The van der Waals surface area contributed by atoms with Crippen LogP contribution >= 0.6 is 31.9 Å². The molecule has 0 aliphatic carbocycles. The molecule has 2 heterocycles. The van der Waals surface area contributed by atoms with Crippen LogP contribution in [0.4, 0.5) is 0 Å². The number of nitrogens with one attached hydrogen (secondary N) is 1. The third-order valence-corrected chi connectivity index (χ3v) is 7.64. The van der Waals surface area contributed by atoms with Gasteiger partial charge in [-0.1, -0.05) is 80.4 Å². The highest BCUT2D eigenvalue weighted by atomic mass is 79.9. The molecule has 1 aromatic heterocycles. The molecule has 2 atom stereocenters. The number of hydrogen-bond donors (Lipinski definition) is 1. The Balaban J connectivity index is 1.34. The summed E-state index contributed by atoms with van der Waals surface area (Å²) in [6, 6.07) is 27.1. The first-order valence-electron chi connectivity index (χ1n) is 11.9. The number of carbonyl (C=O) groups is 1. The van der Waals surface area contributed by atoms with Crippen molar-refractivity contribution < 1.29 is 4.79 Å². The number of benzene rings is 3. The zero-order valence-electron chi connectivity index (χ0n) is 19.3. The first kappa shape index (κ1) is 24.2. The number of para-hydroxylation sites is 1. The fourth-order valence-electron chi connectivity index (χ4n) is 4.99. The summed E-state index contributed by atoms with van der Waals surface area (Å²) in [7, 11) is 0. The minimum atomic E-state index is 0.0894. The summed E-state index contributed by atoms with van der Waals surface area (Å²) in [5.41, 5.74) is 4.24. The second-order valence-electron chi connectivity index (χ2n) is 9.09. The van der Waals surface area contributed by atoms with E-state index in [2.05, 4.69) is 95.6 Å². The second kappa shape index (κ2) is 11.0. The van der Waals surface area contributed by atoms with Crippen molar-refractivity contribution in [1.29, 1.82) is 0 Å². The molecule has 4 aromatic rings. The Morgan fingerprint density at radius 3 is 2.51 bits per heavy atom. The van der Waals surface area contributed by atoms with E-state index < -0.39 is 0 Å². The molecule has 3 aromatic carbocycles. The maximum atomic E-state index is 13.6. The van der Waals surface area contributed by atoms with Gasteiger partial charge in [0.05, 0.1) is 5.52 Å². The van der Waals surface area contributed by atoms with Gasteiger partial charge in [0.25, 0.3) is 5.91 Å². The average Bonchev–Trinajstić information content (AvgIpc) is 2.87. The minimum Gasteiger partial charge on any atom is -0.335 e. The number of hydrogen-bond acceptors (Lipinski definition) is 3. The number of fused-ring (bicyclic) bond motifs is 1. The van der Waals surface area contributed by atoms with Gasteiger partial charge >= 0.3 is 0 Å². The molecule has 1 aliphatic rings. The molecule has 6 heteroatoms. The molecule has 35 heavy (non-hydrogen) atoms. The van der Waals surface area contributed by atoms with Crippen LogP contribution in [0.2, 0.25) is 0 Å². The van der Waals surface area contributed by atoms with E-state index in [4.69, 9.17) is 0 Å². The molecular formula is C29H27Br2N3O. The van der Waals surface area contributed by atoms with Gasteiger partial charge in [-0.25, -0.2) is 0 Å². The maximum absolute atomic E-state index is 13.6. The van der Waals surface area contributed by atoms with Crippen LogP contribution in [0.5, 0.6) is 0 Å². The minimum absolute atomic E-state index is 0.0894. The standard InChI is InChI=1S/C29H27Br2N3O/c30-23-15-22(16-24(31)17-23)29(35)34-13-11-25(18-26(34)14-20-6-2-1-3-7-20)33-19-21-10-12-32-28-9-5-4-8-27(21)28/h1-10,12,15-17,25-26,33H,11,13-14,18-19H2/t25-,26+/m0/s1. The zero-order valence-corrected chi connectivity index (χ0v) is 22.5. The van der Waals surface area contributed by atoms with Crippen LogP contribution in [0.1, 0.15) is 34.3 Å². The molecule has 0 spiro atoms. The van der Waals surface area contributed by atoms with Crippen LogP contribution in [0.15, 0.2) is 94.0 Å². The molecule has 0 unspecified atom stereocenters. The van der Waals surface area contributed by atoms with Crippen LogP contribution < -0.4 is 5.32 Å². The zero-order chi connectivity index (χ0) is 24.2. The van der Waals surface area contributed by atoms with E-state index in [1.165, 1.54) is 16.5 Å². The molecule has 1 aliphatic heterocycles. The number of nitrogens with zero attached hydrogens (tertiary/aromatic N) is 2. The van der Waals surface area contributed by atoms with Crippen molar-refractivity contribution in [2.24, 2.45) is 0 Å². The van der Waals surface area contributed by atoms with E-state index in [0.717, 1.165) is 46.8 Å². The number of pyridine rings is 1. The summed E-state index contributed by atoms with van der Waals surface area (Å²) in [5.74, 6) is 0.0894. The first-order chi connectivity index (χ1) is 17.1. The molecular weight excluding hydrogens is 566 g/mol. The topological polar surface area (TPSA) is 45.2 Å². The number of rotatable bonds is 6. The Kier molecular flexibility index (Phi) is 7.61. The van der Waals surface area contributed by atoms with Gasteiger partial charge in [0.15, 0.2) is 0 Å². The lowest BCUT2D eigenvalue weighted by Crippen LogP contribution is -2.51. The molecule has 5 rings (SSSR count). The maximum Gasteiger partial charge on any atom is 0.254 e. The SMILES string of the molecule is O=C(c1cc(Br)cc(Br)c1)N1CC[C@H](NCc2ccnc3ccccc23)C[C@H]1Cc1ccccc1. The van der Waals surface area contributed by atoms with Crippen LogP contribution in [0, 0.1) is 0 Å².